The summed E-state index contributed by atoms with van der Waals surface area (Å²) in [7, 11) is 0. The van der Waals surface area contributed by atoms with E-state index in [1.54, 1.807) is 12.1 Å². The fraction of sp³-hybridized carbons (Fsp3) is 0.222. The molecule has 4 heteroatoms. The van der Waals surface area contributed by atoms with Crippen LogP contribution in [-0.2, 0) is 0 Å². The van der Waals surface area contributed by atoms with E-state index in [2.05, 4.69) is 15.9 Å². The van der Waals surface area contributed by atoms with Crippen molar-refractivity contribution in [1.82, 2.24) is 0 Å². The number of carbonyl (C=O) groups excluding carboxylic acids is 1. The largest absolute Gasteiger partial charge is 0.293 e. The number of Topliss-reactive ketones (excluding diaryl/α,β-unsaturated/α-hetero) is 1. The van der Waals surface area contributed by atoms with E-state index in [1.807, 2.05) is 6.92 Å². The Kier molecular flexibility index (Phi) is 3.77. The lowest BCUT2D eigenvalue weighted by atomic mass is 10.1. The van der Waals surface area contributed by atoms with Crippen molar-refractivity contribution >= 4 is 44.9 Å². The van der Waals surface area contributed by atoms with E-state index < -0.39 is 0 Å². The normalized spacial score (nSPS) is 10.2. The van der Waals surface area contributed by atoms with E-state index in [9.17, 15) is 4.79 Å². The first-order valence-corrected chi connectivity index (χ1v) is 5.32. The zero-order valence-corrected chi connectivity index (χ0v) is 10.0. The predicted molar refractivity (Wildman–Crippen MR) is 58.9 cm³/mol. The Bertz CT molecular complexity index is 350. The molecular weight excluding hydrogens is 275 g/mol. The highest BCUT2D eigenvalue weighted by Gasteiger charge is 2.13. The number of benzene rings is 1. The van der Waals surface area contributed by atoms with Gasteiger partial charge in [-0.2, -0.15) is 0 Å². The standard InChI is InChI=1S/C9H7BrCl2O/c1-5-2-3-6(12)9(10)8(5)7(13)4-11/h2-3H,4H2,1H3. The molecule has 0 unspecified atom stereocenters. The van der Waals surface area contributed by atoms with Crippen molar-refractivity contribution < 1.29 is 4.79 Å². The van der Waals surface area contributed by atoms with E-state index in [0.29, 0.717) is 15.1 Å². The number of ketones is 1. The number of alkyl halides is 1. The molecule has 0 saturated heterocycles. The fourth-order valence-electron chi connectivity index (χ4n) is 1.06. The summed E-state index contributed by atoms with van der Waals surface area (Å²) in [6.45, 7) is 1.85. The minimum Gasteiger partial charge on any atom is -0.293 e. The number of hydrogen-bond donors (Lipinski definition) is 0. The molecular formula is C9H7BrCl2O. The van der Waals surface area contributed by atoms with Gasteiger partial charge in [0.1, 0.15) is 0 Å². The molecule has 0 aliphatic heterocycles. The summed E-state index contributed by atoms with van der Waals surface area (Å²) in [5, 5.41) is 0.527. The van der Waals surface area contributed by atoms with Crippen LogP contribution >= 0.6 is 39.1 Å². The van der Waals surface area contributed by atoms with Gasteiger partial charge in [-0.25, -0.2) is 0 Å². The number of aryl methyl sites for hydroxylation is 1. The molecule has 0 spiro atoms. The molecule has 1 rings (SSSR count). The zero-order valence-electron chi connectivity index (χ0n) is 6.90. The van der Waals surface area contributed by atoms with Crippen LogP contribution in [0.3, 0.4) is 0 Å². The Hall–Kier alpha value is -0.0500. The summed E-state index contributed by atoms with van der Waals surface area (Å²) in [6.07, 6.45) is 0. The lowest BCUT2D eigenvalue weighted by Gasteiger charge is -2.06. The third-order valence-electron chi connectivity index (χ3n) is 1.70. The summed E-state index contributed by atoms with van der Waals surface area (Å²) in [5.41, 5.74) is 1.45. The molecule has 0 atom stereocenters. The summed E-state index contributed by atoms with van der Waals surface area (Å²) >= 11 is 14.6. The van der Waals surface area contributed by atoms with Crippen molar-refractivity contribution in [2.45, 2.75) is 6.92 Å². The monoisotopic (exact) mass is 280 g/mol. The Morgan fingerprint density at radius 2 is 2.15 bits per heavy atom. The molecule has 0 aliphatic carbocycles. The second-order valence-corrected chi connectivity index (χ2v) is 4.08. The topological polar surface area (TPSA) is 17.1 Å². The first kappa shape index (κ1) is 11.0. The van der Waals surface area contributed by atoms with E-state index in [1.165, 1.54) is 0 Å². The molecule has 1 aromatic carbocycles. The van der Waals surface area contributed by atoms with Gasteiger partial charge in [0.25, 0.3) is 0 Å². The summed E-state index contributed by atoms with van der Waals surface area (Å²) < 4.78 is 0.625. The highest BCUT2D eigenvalue weighted by molar-refractivity contribution is 9.10. The van der Waals surface area contributed by atoms with E-state index in [4.69, 9.17) is 23.2 Å². The van der Waals surface area contributed by atoms with Crippen LogP contribution in [0.4, 0.5) is 0 Å². The summed E-state index contributed by atoms with van der Waals surface area (Å²) in [5.74, 6) is -0.145. The number of halogens is 3. The maximum atomic E-state index is 11.4. The SMILES string of the molecule is Cc1ccc(Cl)c(Br)c1C(=O)CCl. The van der Waals surface area contributed by atoms with Crippen LogP contribution in [0.15, 0.2) is 16.6 Å². The Morgan fingerprint density at radius 3 is 2.69 bits per heavy atom. The maximum absolute atomic E-state index is 11.4. The van der Waals surface area contributed by atoms with Crippen molar-refractivity contribution in [1.29, 1.82) is 0 Å². The highest BCUT2D eigenvalue weighted by Crippen LogP contribution is 2.29. The van der Waals surface area contributed by atoms with Gasteiger partial charge in [-0.3, -0.25) is 4.79 Å². The van der Waals surface area contributed by atoms with Gasteiger partial charge in [0.2, 0.25) is 0 Å². The van der Waals surface area contributed by atoms with Gasteiger partial charge in [0.05, 0.1) is 10.9 Å². The van der Waals surface area contributed by atoms with Crippen molar-refractivity contribution in [2.75, 3.05) is 5.88 Å². The van der Waals surface area contributed by atoms with Gasteiger partial charge in [-0.1, -0.05) is 17.7 Å². The molecule has 0 saturated carbocycles. The average Bonchev–Trinajstić information content (AvgIpc) is 2.12. The second kappa shape index (κ2) is 4.45. The van der Waals surface area contributed by atoms with Crippen molar-refractivity contribution in [3.63, 3.8) is 0 Å². The first-order chi connectivity index (χ1) is 6.07. The van der Waals surface area contributed by atoms with E-state index >= 15 is 0 Å². The molecule has 0 aliphatic rings. The third-order valence-corrected chi connectivity index (χ3v) is 3.31. The van der Waals surface area contributed by atoms with Gasteiger partial charge in [0, 0.05) is 10.0 Å². The lowest BCUT2D eigenvalue weighted by molar-refractivity contribution is 0.102. The zero-order chi connectivity index (χ0) is 10.0. The molecule has 0 heterocycles. The Morgan fingerprint density at radius 1 is 1.54 bits per heavy atom. The Labute approximate surface area is 95.2 Å². The average molecular weight is 282 g/mol. The van der Waals surface area contributed by atoms with Crippen LogP contribution in [0, 0.1) is 6.92 Å². The van der Waals surface area contributed by atoms with Crippen molar-refractivity contribution in [3.05, 3.63) is 32.8 Å². The number of rotatable bonds is 2. The second-order valence-electron chi connectivity index (χ2n) is 2.61. The molecule has 0 radical (unpaired) electrons. The molecule has 0 bridgehead atoms. The van der Waals surface area contributed by atoms with Crippen LogP contribution in [0.1, 0.15) is 15.9 Å². The van der Waals surface area contributed by atoms with Crippen molar-refractivity contribution in [2.24, 2.45) is 0 Å². The molecule has 70 valence electrons. The predicted octanol–water partition coefficient (Wildman–Crippen LogP) is 3.83. The van der Waals surface area contributed by atoms with Gasteiger partial charge >= 0.3 is 0 Å². The molecule has 1 nitrogen and oxygen atoms in total. The third kappa shape index (κ3) is 2.25. The van der Waals surface area contributed by atoms with Gasteiger partial charge < -0.3 is 0 Å². The first-order valence-electron chi connectivity index (χ1n) is 3.61. The van der Waals surface area contributed by atoms with Gasteiger partial charge in [0.15, 0.2) is 5.78 Å². The van der Waals surface area contributed by atoms with E-state index in [-0.39, 0.29) is 11.7 Å². The maximum Gasteiger partial charge on any atom is 0.179 e. The minimum atomic E-state index is -0.117. The number of hydrogen-bond acceptors (Lipinski definition) is 1. The minimum absolute atomic E-state index is 0.0280. The van der Waals surface area contributed by atoms with E-state index in [0.717, 1.165) is 5.56 Å². The van der Waals surface area contributed by atoms with Gasteiger partial charge in [-0.15, -0.1) is 11.6 Å². The molecule has 0 aromatic heterocycles. The van der Waals surface area contributed by atoms with Crippen LogP contribution in [0.5, 0.6) is 0 Å². The van der Waals surface area contributed by atoms with Crippen LogP contribution in [-0.4, -0.2) is 11.7 Å². The number of carbonyl (C=O) groups is 1. The van der Waals surface area contributed by atoms with Crippen molar-refractivity contribution in [3.8, 4) is 0 Å². The Balaban J connectivity index is 3.33. The van der Waals surface area contributed by atoms with Crippen LogP contribution in [0.25, 0.3) is 0 Å². The van der Waals surface area contributed by atoms with Crippen LogP contribution < -0.4 is 0 Å². The van der Waals surface area contributed by atoms with Crippen LogP contribution in [0.2, 0.25) is 5.02 Å². The molecule has 0 amide bonds. The molecule has 13 heavy (non-hydrogen) atoms. The molecule has 0 N–H and O–H groups in total. The molecule has 1 aromatic rings. The molecule has 0 fully saturated rings. The quantitative estimate of drug-likeness (QED) is 0.595. The lowest BCUT2D eigenvalue weighted by Crippen LogP contribution is -2.04. The fourth-order valence-corrected chi connectivity index (χ4v) is 2.01. The van der Waals surface area contributed by atoms with Gasteiger partial charge in [-0.05, 0) is 34.5 Å². The highest BCUT2D eigenvalue weighted by atomic mass is 79.9. The summed E-state index contributed by atoms with van der Waals surface area (Å²) in [4.78, 5) is 11.4. The summed E-state index contributed by atoms with van der Waals surface area (Å²) in [6, 6.07) is 3.54. The smallest absolute Gasteiger partial charge is 0.179 e.